The second-order valence-corrected chi connectivity index (χ2v) is 4.78. The Labute approximate surface area is 103 Å². The van der Waals surface area contributed by atoms with Gasteiger partial charge < -0.3 is 5.11 Å². The first-order valence-corrected chi connectivity index (χ1v) is 5.98. The minimum Gasteiger partial charge on any atom is -0.480 e. The summed E-state index contributed by atoms with van der Waals surface area (Å²) >= 11 is 1.29. The molecular formula is C12H12N2O2S. The van der Waals surface area contributed by atoms with Gasteiger partial charge in [0.05, 0.1) is 6.20 Å². The van der Waals surface area contributed by atoms with Crippen LogP contribution in [0.4, 0.5) is 0 Å². The van der Waals surface area contributed by atoms with Gasteiger partial charge in [-0.25, -0.2) is 0 Å². The molecular weight excluding hydrogens is 236 g/mol. The van der Waals surface area contributed by atoms with Gasteiger partial charge in [0, 0.05) is 18.1 Å². The third kappa shape index (κ3) is 2.88. The highest BCUT2D eigenvalue weighted by atomic mass is 32.2. The zero-order valence-corrected chi connectivity index (χ0v) is 10.1. The highest BCUT2D eigenvalue weighted by Crippen LogP contribution is 2.34. The van der Waals surface area contributed by atoms with Gasteiger partial charge >= 0.3 is 5.97 Å². The number of benzene rings is 1. The van der Waals surface area contributed by atoms with E-state index in [0.29, 0.717) is 0 Å². The number of aromatic nitrogens is 2. The number of hydrogen-bond acceptors (Lipinski definition) is 3. The minimum atomic E-state index is -0.843. The molecule has 0 amide bonds. The van der Waals surface area contributed by atoms with Crippen LogP contribution in [0.15, 0.2) is 47.6 Å². The fraction of sp³-hybridized carbons (Fsp3) is 0.167. The molecule has 2 rings (SSSR count). The Kier molecular flexibility index (Phi) is 3.49. The molecule has 1 unspecified atom stereocenters. The van der Waals surface area contributed by atoms with Crippen LogP contribution in [0.3, 0.4) is 0 Å². The fourth-order valence-electron chi connectivity index (χ4n) is 1.48. The monoisotopic (exact) mass is 248 g/mol. The first-order valence-electron chi connectivity index (χ1n) is 5.10. The maximum Gasteiger partial charge on any atom is 0.321 e. The van der Waals surface area contributed by atoms with Crippen LogP contribution in [0.1, 0.15) is 10.8 Å². The molecule has 0 aliphatic rings. The number of rotatable bonds is 4. The number of thioether (sulfide) groups is 1. The predicted molar refractivity (Wildman–Crippen MR) is 65.9 cm³/mol. The molecule has 1 heterocycles. The van der Waals surface area contributed by atoms with Gasteiger partial charge in [-0.15, -0.1) is 11.8 Å². The van der Waals surface area contributed by atoms with E-state index in [2.05, 4.69) is 5.10 Å². The summed E-state index contributed by atoms with van der Waals surface area (Å²) < 4.78 is 1.66. The van der Waals surface area contributed by atoms with Gasteiger partial charge in [-0.3, -0.25) is 9.48 Å². The maximum atomic E-state index is 11.3. The number of carboxylic acids is 1. The molecule has 0 aliphatic carbocycles. The van der Waals surface area contributed by atoms with E-state index in [1.807, 2.05) is 43.6 Å². The number of nitrogens with zero attached hydrogens (tertiary/aromatic N) is 2. The van der Waals surface area contributed by atoms with E-state index in [-0.39, 0.29) is 0 Å². The van der Waals surface area contributed by atoms with E-state index in [9.17, 15) is 9.90 Å². The van der Waals surface area contributed by atoms with E-state index in [1.165, 1.54) is 11.8 Å². The largest absolute Gasteiger partial charge is 0.480 e. The lowest BCUT2D eigenvalue weighted by atomic mass is 10.1. The van der Waals surface area contributed by atoms with Crippen molar-refractivity contribution in [2.24, 2.45) is 7.05 Å². The lowest BCUT2D eigenvalue weighted by molar-refractivity contribution is -0.136. The molecule has 0 bridgehead atoms. The van der Waals surface area contributed by atoms with Crippen LogP contribution in [-0.4, -0.2) is 20.9 Å². The van der Waals surface area contributed by atoms with Gasteiger partial charge in [0.1, 0.15) is 5.25 Å². The molecule has 5 heteroatoms. The first-order chi connectivity index (χ1) is 8.16. The Morgan fingerprint density at radius 2 is 2.12 bits per heavy atom. The Morgan fingerprint density at radius 3 is 2.65 bits per heavy atom. The zero-order chi connectivity index (χ0) is 12.3. The van der Waals surface area contributed by atoms with Crippen LogP contribution < -0.4 is 0 Å². The summed E-state index contributed by atoms with van der Waals surface area (Å²) in [5.74, 6) is -0.843. The smallest absolute Gasteiger partial charge is 0.321 e. The number of carbonyl (C=O) groups is 1. The van der Waals surface area contributed by atoms with E-state index in [1.54, 1.807) is 10.9 Å². The molecule has 88 valence electrons. The zero-order valence-electron chi connectivity index (χ0n) is 9.28. The van der Waals surface area contributed by atoms with E-state index in [4.69, 9.17) is 0 Å². The maximum absolute atomic E-state index is 11.3. The van der Waals surface area contributed by atoms with Crippen molar-refractivity contribution < 1.29 is 9.90 Å². The highest BCUT2D eigenvalue weighted by molar-refractivity contribution is 8.00. The van der Waals surface area contributed by atoms with E-state index < -0.39 is 11.2 Å². The van der Waals surface area contributed by atoms with Crippen LogP contribution in [-0.2, 0) is 11.8 Å². The summed E-state index contributed by atoms with van der Waals surface area (Å²) in [5.41, 5.74) is 0.786. The summed E-state index contributed by atoms with van der Waals surface area (Å²) in [6, 6.07) is 9.20. The molecule has 2 aromatic rings. The molecule has 0 spiro atoms. The Bertz CT molecular complexity index is 510. The first kappa shape index (κ1) is 11.7. The summed E-state index contributed by atoms with van der Waals surface area (Å²) in [7, 11) is 1.81. The minimum absolute atomic E-state index is 0.597. The number of aryl methyl sites for hydroxylation is 1. The van der Waals surface area contributed by atoms with Crippen molar-refractivity contribution in [1.29, 1.82) is 0 Å². The normalized spacial score (nSPS) is 12.3. The molecule has 17 heavy (non-hydrogen) atoms. The van der Waals surface area contributed by atoms with Gasteiger partial charge in [-0.2, -0.15) is 5.10 Å². The van der Waals surface area contributed by atoms with E-state index >= 15 is 0 Å². The molecule has 0 radical (unpaired) electrons. The molecule has 1 atom stereocenters. The molecule has 0 saturated heterocycles. The van der Waals surface area contributed by atoms with E-state index in [0.717, 1.165) is 10.5 Å². The standard InChI is InChI=1S/C12H12N2O2S/c1-14-8-10(7-13-14)17-11(12(15)16)9-5-3-2-4-6-9/h2-8,11H,1H3,(H,15,16). The third-order valence-corrected chi connectivity index (χ3v) is 3.45. The lowest BCUT2D eigenvalue weighted by Gasteiger charge is -2.10. The van der Waals surface area contributed by atoms with Gasteiger partial charge in [-0.1, -0.05) is 30.3 Å². The Balaban J connectivity index is 2.22. The summed E-state index contributed by atoms with van der Waals surface area (Å²) in [6.07, 6.45) is 3.48. The number of aliphatic carboxylic acids is 1. The topological polar surface area (TPSA) is 55.1 Å². The summed E-state index contributed by atoms with van der Waals surface area (Å²) in [4.78, 5) is 12.1. The molecule has 0 aliphatic heterocycles. The van der Waals surface area contributed by atoms with Crippen molar-refractivity contribution in [2.45, 2.75) is 10.1 Å². The van der Waals surface area contributed by atoms with Crippen molar-refractivity contribution in [2.75, 3.05) is 0 Å². The molecule has 1 aromatic heterocycles. The van der Waals surface area contributed by atoms with Gasteiger partial charge in [0.2, 0.25) is 0 Å². The second kappa shape index (κ2) is 5.05. The lowest BCUT2D eigenvalue weighted by Crippen LogP contribution is -2.07. The van der Waals surface area contributed by atoms with Crippen LogP contribution in [0.5, 0.6) is 0 Å². The predicted octanol–water partition coefficient (Wildman–Crippen LogP) is 2.34. The van der Waals surface area contributed by atoms with Crippen LogP contribution in [0, 0.1) is 0 Å². The molecule has 1 N–H and O–H groups in total. The SMILES string of the molecule is Cn1cc(SC(C(=O)O)c2ccccc2)cn1. The fourth-order valence-corrected chi connectivity index (χ4v) is 2.47. The number of carboxylic acid groups (broad SMARTS) is 1. The van der Waals surface area contributed by atoms with Crippen molar-refractivity contribution in [3.8, 4) is 0 Å². The molecule has 0 saturated carbocycles. The molecule has 1 aromatic carbocycles. The van der Waals surface area contributed by atoms with Crippen molar-refractivity contribution >= 4 is 17.7 Å². The summed E-state index contributed by atoms with van der Waals surface area (Å²) in [6.45, 7) is 0. The Morgan fingerprint density at radius 1 is 1.41 bits per heavy atom. The Hall–Kier alpha value is -1.75. The van der Waals surface area contributed by atoms with Crippen molar-refractivity contribution in [3.05, 3.63) is 48.3 Å². The average Bonchev–Trinajstić information content (AvgIpc) is 2.73. The quantitative estimate of drug-likeness (QED) is 0.844. The van der Waals surface area contributed by atoms with Crippen molar-refractivity contribution in [1.82, 2.24) is 9.78 Å². The highest BCUT2D eigenvalue weighted by Gasteiger charge is 2.21. The van der Waals surface area contributed by atoms with Gasteiger partial charge in [0.25, 0.3) is 0 Å². The van der Waals surface area contributed by atoms with Gasteiger partial charge in [-0.05, 0) is 5.56 Å². The van der Waals surface area contributed by atoms with Gasteiger partial charge in [0.15, 0.2) is 0 Å². The molecule has 4 nitrogen and oxygen atoms in total. The third-order valence-electron chi connectivity index (χ3n) is 2.26. The van der Waals surface area contributed by atoms with Crippen LogP contribution in [0.25, 0.3) is 0 Å². The van der Waals surface area contributed by atoms with Crippen LogP contribution in [0.2, 0.25) is 0 Å². The number of hydrogen-bond donors (Lipinski definition) is 1. The average molecular weight is 248 g/mol. The van der Waals surface area contributed by atoms with Crippen molar-refractivity contribution in [3.63, 3.8) is 0 Å². The second-order valence-electron chi connectivity index (χ2n) is 3.60. The summed E-state index contributed by atoms with van der Waals surface area (Å²) in [5, 5.41) is 12.7. The molecule has 0 fully saturated rings. The van der Waals surface area contributed by atoms with Crippen LogP contribution >= 0.6 is 11.8 Å².